The lowest BCUT2D eigenvalue weighted by atomic mass is 10.1. The van der Waals surface area contributed by atoms with Crippen molar-refractivity contribution in [3.8, 4) is 0 Å². The van der Waals surface area contributed by atoms with Crippen molar-refractivity contribution in [2.75, 3.05) is 33.2 Å². The number of alkyl halides is 3. The lowest BCUT2D eigenvalue weighted by Crippen LogP contribution is -2.41. The normalized spacial score (nSPS) is 17.6. The summed E-state index contributed by atoms with van der Waals surface area (Å²) in [5.41, 5.74) is -0.0585. The van der Waals surface area contributed by atoms with Crippen LogP contribution in [0.25, 0.3) is 0 Å². The van der Waals surface area contributed by atoms with Crippen molar-refractivity contribution in [1.82, 2.24) is 15.5 Å². The average Bonchev–Trinajstić information content (AvgIpc) is 3.07. The number of halogens is 3. The molecule has 2 N–H and O–H groups in total. The highest BCUT2D eigenvalue weighted by atomic mass is 19.4. The van der Waals surface area contributed by atoms with Gasteiger partial charge in [-0.25, -0.2) is 0 Å². The number of likely N-dealkylation sites (tertiary alicyclic amines) is 1. The van der Waals surface area contributed by atoms with Crippen LogP contribution in [0.1, 0.15) is 30.9 Å². The first kappa shape index (κ1) is 19.6. The molecule has 0 aliphatic carbocycles. The number of rotatable bonds is 6. The predicted octanol–water partition coefficient (Wildman–Crippen LogP) is 3.10. The lowest BCUT2D eigenvalue weighted by Gasteiger charge is -2.21. The summed E-state index contributed by atoms with van der Waals surface area (Å²) in [6.45, 7) is 6.66. The minimum Gasteiger partial charge on any atom is -0.356 e. The number of guanidine groups is 1. The number of hydrogen-bond donors (Lipinski definition) is 2. The zero-order valence-electron chi connectivity index (χ0n) is 14.9. The molecule has 1 aliphatic heterocycles. The molecule has 140 valence electrons. The third kappa shape index (κ3) is 6.57. The molecular formula is C18H27F3N4. The smallest absolute Gasteiger partial charge is 0.356 e. The third-order valence-electron chi connectivity index (χ3n) is 4.32. The van der Waals surface area contributed by atoms with Crippen LogP contribution in [0.2, 0.25) is 0 Å². The van der Waals surface area contributed by atoms with E-state index in [0.29, 0.717) is 24.0 Å². The fourth-order valence-electron chi connectivity index (χ4n) is 3.01. The number of nitrogens with one attached hydrogen (secondary N) is 2. The summed E-state index contributed by atoms with van der Waals surface area (Å²) in [5, 5.41) is 6.32. The SMILES string of the molecule is CN=C(NCc1cccc(C(F)(F)F)c1)NCC(C)CN1CCCC1. The number of hydrogen-bond acceptors (Lipinski definition) is 2. The van der Waals surface area contributed by atoms with E-state index in [1.807, 2.05) is 0 Å². The van der Waals surface area contributed by atoms with Gasteiger partial charge in [0.2, 0.25) is 0 Å². The van der Waals surface area contributed by atoms with E-state index in [0.717, 1.165) is 25.2 Å². The van der Waals surface area contributed by atoms with Gasteiger partial charge < -0.3 is 15.5 Å². The minimum atomic E-state index is -4.32. The van der Waals surface area contributed by atoms with Crippen LogP contribution in [0.15, 0.2) is 29.3 Å². The number of nitrogens with zero attached hydrogens (tertiary/aromatic N) is 2. The molecule has 0 spiro atoms. The molecule has 0 amide bonds. The highest BCUT2D eigenvalue weighted by molar-refractivity contribution is 5.79. The van der Waals surface area contributed by atoms with E-state index in [4.69, 9.17) is 0 Å². The van der Waals surface area contributed by atoms with Crippen LogP contribution in [0.4, 0.5) is 13.2 Å². The van der Waals surface area contributed by atoms with Crippen LogP contribution >= 0.6 is 0 Å². The average molecular weight is 356 g/mol. The first-order valence-electron chi connectivity index (χ1n) is 8.71. The fraction of sp³-hybridized carbons (Fsp3) is 0.611. The highest BCUT2D eigenvalue weighted by Crippen LogP contribution is 2.29. The number of aliphatic imine (C=N–C) groups is 1. The van der Waals surface area contributed by atoms with Gasteiger partial charge in [-0.05, 0) is 49.5 Å². The molecule has 1 aromatic carbocycles. The van der Waals surface area contributed by atoms with Crippen LogP contribution in [0.5, 0.6) is 0 Å². The highest BCUT2D eigenvalue weighted by Gasteiger charge is 2.30. The van der Waals surface area contributed by atoms with Crippen molar-refractivity contribution >= 4 is 5.96 Å². The molecule has 1 aliphatic rings. The Labute approximate surface area is 147 Å². The van der Waals surface area contributed by atoms with E-state index >= 15 is 0 Å². The maximum absolute atomic E-state index is 12.7. The van der Waals surface area contributed by atoms with Crippen molar-refractivity contribution in [2.45, 2.75) is 32.5 Å². The van der Waals surface area contributed by atoms with Crippen LogP contribution in [-0.4, -0.2) is 44.1 Å². The monoisotopic (exact) mass is 356 g/mol. The molecule has 2 rings (SSSR count). The second kappa shape index (κ2) is 9.08. The zero-order chi connectivity index (χ0) is 18.3. The van der Waals surface area contributed by atoms with Crippen molar-refractivity contribution < 1.29 is 13.2 Å². The molecule has 1 heterocycles. The summed E-state index contributed by atoms with van der Waals surface area (Å²) in [5.74, 6) is 1.08. The van der Waals surface area contributed by atoms with E-state index in [1.54, 1.807) is 13.1 Å². The topological polar surface area (TPSA) is 39.7 Å². The molecule has 25 heavy (non-hydrogen) atoms. The van der Waals surface area contributed by atoms with Crippen molar-refractivity contribution in [1.29, 1.82) is 0 Å². The second-order valence-corrected chi connectivity index (χ2v) is 6.62. The van der Waals surface area contributed by atoms with Crippen molar-refractivity contribution in [2.24, 2.45) is 10.9 Å². The van der Waals surface area contributed by atoms with E-state index in [2.05, 4.69) is 27.4 Å². The van der Waals surface area contributed by atoms with Crippen LogP contribution < -0.4 is 10.6 Å². The number of benzene rings is 1. The maximum atomic E-state index is 12.7. The van der Waals surface area contributed by atoms with Gasteiger partial charge in [0.05, 0.1) is 5.56 Å². The van der Waals surface area contributed by atoms with E-state index in [1.165, 1.54) is 32.0 Å². The minimum absolute atomic E-state index is 0.296. The van der Waals surface area contributed by atoms with Crippen molar-refractivity contribution in [3.05, 3.63) is 35.4 Å². The van der Waals surface area contributed by atoms with Gasteiger partial charge in [0.15, 0.2) is 5.96 Å². The Kier molecular flexibility index (Phi) is 7.11. The molecule has 0 bridgehead atoms. The van der Waals surface area contributed by atoms with E-state index in [9.17, 15) is 13.2 Å². The molecule has 1 atom stereocenters. The van der Waals surface area contributed by atoms with Crippen LogP contribution in [0, 0.1) is 5.92 Å². The van der Waals surface area contributed by atoms with Gasteiger partial charge >= 0.3 is 6.18 Å². The fourth-order valence-corrected chi connectivity index (χ4v) is 3.01. The summed E-state index contributed by atoms with van der Waals surface area (Å²) < 4.78 is 38.2. The summed E-state index contributed by atoms with van der Waals surface area (Å²) in [4.78, 5) is 6.60. The molecule has 7 heteroatoms. The Hall–Kier alpha value is -1.76. The molecule has 1 saturated heterocycles. The Balaban J connectivity index is 1.78. The zero-order valence-corrected chi connectivity index (χ0v) is 14.9. The summed E-state index contributed by atoms with van der Waals surface area (Å²) in [6.07, 6.45) is -1.76. The van der Waals surface area contributed by atoms with E-state index in [-0.39, 0.29) is 0 Å². The summed E-state index contributed by atoms with van der Waals surface area (Å²) in [6, 6.07) is 5.34. The Morgan fingerprint density at radius 1 is 1.24 bits per heavy atom. The van der Waals surface area contributed by atoms with E-state index < -0.39 is 11.7 Å². The second-order valence-electron chi connectivity index (χ2n) is 6.62. The van der Waals surface area contributed by atoms with Crippen molar-refractivity contribution in [3.63, 3.8) is 0 Å². The molecular weight excluding hydrogens is 329 g/mol. The molecule has 1 fully saturated rings. The quantitative estimate of drug-likeness (QED) is 0.608. The Morgan fingerprint density at radius 3 is 2.60 bits per heavy atom. The first-order valence-corrected chi connectivity index (χ1v) is 8.71. The molecule has 0 saturated carbocycles. The first-order chi connectivity index (χ1) is 11.9. The standard InChI is InChI=1S/C18H27F3N4/c1-14(13-25-8-3-4-9-25)11-23-17(22-2)24-12-15-6-5-7-16(10-15)18(19,20)21/h5-7,10,14H,3-4,8-9,11-13H2,1-2H3,(H2,22,23,24). The largest absolute Gasteiger partial charge is 0.416 e. The van der Waals surface area contributed by atoms with Gasteiger partial charge in [0.1, 0.15) is 0 Å². The Bertz CT molecular complexity index is 566. The third-order valence-corrected chi connectivity index (χ3v) is 4.32. The Morgan fingerprint density at radius 2 is 1.96 bits per heavy atom. The van der Waals surface area contributed by atoms with Gasteiger partial charge in [-0.15, -0.1) is 0 Å². The van der Waals surface area contributed by atoms with Gasteiger partial charge in [0, 0.05) is 26.7 Å². The molecule has 0 aromatic heterocycles. The van der Waals surface area contributed by atoms with Crippen LogP contribution in [-0.2, 0) is 12.7 Å². The summed E-state index contributed by atoms with van der Waals surface area (Å²) >= 11 is 0. The van der Waals surface area contributed by atoms with Gasteiger partial charge in [-0.2, -0.15) is 13.2 Å². The predicted molar refractivity (Wildman–Crippen MR) is 94.5 cm³/mol. The molecule has 1 aromatic rings. The maximum Gasteiger partial charge on any atom is 0.416 e. The summed E-state index contributed by atoms with van der Waals surface area (Å²) in [7, 11) is 1.66. The molecule has 1 unspecified atom stereocenters. The van der Waals surface area contributed by atoms with Gasteiger partial charge in [-0.1, -0.05) is 19.1 Å². The van der Waals surface area contributed by atoms with Gasteiger partial charge in [-0.3, -0.25) is 4.99 Å². The molecule has 0 radical (unpaired) electrons. The van der Waals surface area contributed by atoms with Crippen LogP contribution in [0.3, 0.4) is 0 Å². The van der Waals surface area contributed by atoms with Gasteiger partial charge in [0.25, 0.3) is 0 Å². The molecule has 4 nitrogen and oxygen atoms in total. The lowest BCUT2D eigenvalue weighted by molar-refractivity contribution is -0.137.